The maximum atomic E-state index is 15.0. The van der Waals surface area contributed by atoms with Gasteiger partial charge in [0.05, 0.1) is 23.2 Å². The Kier molecular flexibility index (Phi) is 11.5. The van der Waals surface area contributed by atoms with Crippen LogP contribution in [0.3, 0.4) is 0 Å². The molecule has 0 aromatic heterocycles. The average molecular weight is 719 g/mol. The Morgan fingerprint density at radius 3 is 2.33 bits per heavy atom. The Labute approximate surface area is 288 Å². The average Bonchev–Trinajstić information content (AvgIpc) is 3.57. The highest BCUT2D eigenvalue weighted by atomic mass is 79.9. The minimum atomic E-state index is -0.761. The number of unbranched alkanes of at least 4 members (excludes halogenated alkanes) is 1. The molecule has 1 aromatic carbocycles. The van der Waals surface area contributed by atoms with Gasteiger partial charge >= 0.3 is 0 Å². The first-order valence-electron chi connectivity index (χ1n) is 16.5. The number of aliphatic hydroxyl groups excluding tert-OH is 1. The lowest BCUT2D eigenvalue weighted by Gasteiger charge is -2.46. The van der Waals surface area contributed by atoms with E-state index in [9.17, 15) is 19.5 Å². The largest absolute Gasteiger partial charge is 0.494 e. The van der Waals surface area contributed by atoms with E-state index >= 15 is 0 Å². The van der Waals surface area contributed by atoms with Crippen molar-refractivity contribution < 1.29 is 24.2 Å². The van der Waals surface area contributed by atoms with E-state index in [0.717, 1.165) is 12.2 Å². The number of carbonyl (C=O) groups is 3. The highest BCUT2D eigenvalue weighted by Gasteiger charge is 2.76. The number of halogens is 1. The molecule has 6 atom stereocenters. The molecule has 3 unspecified atom stereocenters. The van der Waals surface area contributed by atoms with Gasteiger partial charge in [-0.15, -0.1) is 24.9 Å². The van der Waals surface area contributed by atoms with Gasteiger partial charge in [-0.2, -0.15) is 0 Å². The molecule has 4 rings (SSSR count). The molecule has 1 aromatic rings. The summed E-state index contributed by atoms with van der Waals surface area (Å²) in [4.78, 5) is 49.6. The Morgan fingerprint density at radius 2 is 1.76 bits per heavy atom. The highest BCUT2D eigenvalue weighted by molar-refractivity contribution is 9.09. The second kappa shape index (κ2) is 14.4. The summed E-state index contributed by atoms with van der Waals surface area (Å²) in [5.41, 5.74) is 0.169. The van der Waals surface area contributed by atoms with Crippen LogP contribution in [0.25, 0.3) is 0 Å². The summed E-state index contributed by atoms with van der Waals surface area (Å²) >= 11 is 5.55. The van der Waals surface area contributed by atoms with Crippen molar-refractivity contribution in [3.05, 3.63) is 49.6 Å². The third-order valence-electron chi connectivity index (χ3n) is 9.42. The minimum absolute atomic E-state index is 0.0103. The number of aliphatic hydroxyl groups is 1. The summed E-state index contributed by atoms with van der Waals surface area (Å²) < 4.78 is 4.86. The summed E-state index contributed by atoms with van der Waals surface area (Å²) in [6, 6.07) is 6.69. The molecule has 0 radical (unpaired) electrons. The lowest BCUT2D eigenvalue weighted by atomic mass is 9.70. The highest BCUT2D eigenvalue weighted by Crippen LogP contribution is 2.68. The molecule has 2 bridgehead atoms. The van der Waals surface area contributed by atoms with Gasteiger partial charge < -0.3 is 24.5 Å². The first-order valence-corrected chi connectivity index (χ1v) is 18.3. The zero-order valence-corrected chi connectivity index (χ0v) is 30.7. The van der Waals surface area contributed by atoms with Crippen LogP contribution in [0.15, 0.2) is 49.6 Å². The van der Waals surface area contributed by atoms with Crippen LogP contribution in [-0.2, 0) is 14.4 Å². The van der Waals surface area contributed by atoms with Gasteiger partial charge in [-0.05, 0) is 76.1 Å². The van der Waals surface area contributed by atoms with Crippen LogP contribution < -0.4 is 9.64 Å². The number of amides is 3. The number of benzene rings is 1. The Hall–Kier alpha value is -2.30. The SMILES string of the molecule is C=CCN(C(=O)[C@H]1[C@H]2C(=O)N(CCCCO)C(C(=O)N(CC=C)C(C)(C)CC(C)(C)C)C23CC(Br)[C@@H]1S3)c1ccc(OCC)cc1. The molecule has 3 saturated heterocycles. The van der Waals surface area contributed by atoms with Crippen LogP contribution in [-0.4, -0.2) is 91.9 Å². The summed E-state index contributed by atoms with van der Waals surface area (Å²) in [6.45, 7) is 22.0. The number of fused-ring (bicyclic) bond motifs is 1. The molecule has 3 aliphatic rings. The molecule has 3 heterocycles. The molecular formula is C36H52BrN3O5S. The maximum absolute atomic E-state index is 15.0. The van der Waals surface area contributed by atoms with Crippen molar-refractivity contribution in [3.8, 4) is 5.75 Å². The Balaban J connectivity index is 1.78. The molecule has 3 fully saturated rings. The number of anilines is 1. The monoisotopic (exact) mass is 717 g/mol. The lowest BCUT2D eigenvalue weighted by Crippen LogP contribution is -2.60. The molecule has 8 nitrogen and oxygen atoms in total. The normalized spacial score (nSPS) is 27.0. The quantitative estimate of drug-likeness (QED) is 0.135. The molecule has 3 aliphatic heterocycles. The van der Waals surface area contributed by atoms with E-state index in [2.05, 4.69) is 63.7 Å². The number of rotatable bonds is 15. The number of likely N-dealkylation sites (tertiary alicyclic amines) is 1. The fourth-order valence-corrected chi connectivity index (χ4v) is 11.8. The van der Waals surface area contributed by atoms with Crippen molar-refractivity contribution in [2.24, 2.45) is 17.3 Å². The van der Waals surface area contributed by atoms with Gasteiger partial charge in [-0.3, -0.25) is 14.4 Å². The molecule has 0 aliphatic carbocycles. The summed E-state index contributed by atoms with van der Waals surface area (Å²) in [6.07, 6.45) is 5.93. The number of carbonyl (C=O) groups excluding carboxylic acids is 3. The van der Waals surface area contributed by atoms with Crippen LogP contribution in [0.4, 0.5) is 5.69 Å². The zero-order chi connectivity index (χ0) is 34.0. The molecule has 1 spiro atoms. The molecule has 3 amide bonds. The predicted octanol–water partition coefficient (Wildman–Crippen LogP) is 6.07. The number of hydrogen-bond acceptors (Lipinski definition) is 6. The topological polar surface area (TPSA) is 90.4 Å². The standard InChI is InChI=1S/C36H52BrN3O5S/c1-9-18-38(24-14-16-25(17-15-24)45-11-3)31(42)27-28-32(43)39(20-12-13-21-41)30(36(28)22-26(37)29(27)46-36)33(44)40(19-10-2)35(7,8)23-34(4,5)6/h9-10,14-17,26-30,41H,1-2,11-13,18-23H2,3-8H3/t26?,27-,28-,29-,30?,36?/m0/s1. The summed E-state index contributed by atoms with van der Waals surface area (Å²) in [5, 5.41) is 9.40. The number of ether oxygens (including phenoxy) is 1. The first-order chi connectivity index (χ1) is 21.7. The lowest BCUT2D eigenvalue weighted by molar-refractivity contribution is -0.146. The van der Waals surface area contributed by atoms with E-state index in [1.165, 1.54) is 0 Å². The molecule has 0 saturated carbocycles. The van der Waals surface area contributed by atoms with Gasteiger partial charge in [-0.25, -0.2) is 0 Å². The number of hydrogen-bond donors (Lipinski definition) is 1. The molecule has 1 N–H and O–H groups in total. The van der Waals surface area contributed by atoms with Crippen molar-refractivity contribution in [2.75, 3.05) is 37.7 Å². The van der Waals surface area contributed by atoms with Crippen LogP contribution in [0.1, 0.15) is 67.2 Å². The number of thioether (sulfide) groups is 1. The van der Waals surface area contributed by atoms with Crippen molar-refractivity contribution >= 4 is 51.1 Å². The van der Waals surface area contributed by atoms with Gasteiger partial charge in [0, 0.05) is 47.5 Å². The van der Waals surface area contributed by atoms with Crippen LogP contribution >= 0.6 is 27.7 Å². The van der Waals surface area contributed by atoms with E-state index in [1.807, 2.05) is 36.1 Å². The Morgan fingerprint density at radius 1 is 1.11 bits per heavy atom. The van der Waals surface area contributed by atoms with E-state index in [-0.39, 0.29) is 46.4 Å². The summed E-state index contributed by atoms with van der Waals surface area (Å²) in [7, 11) is 0. The van der Waals surface area contributed by atoms with Crippen molar-refractivity contribution in [1.29, 1.82) is 0 Å². The van der Waals surface area contributed by atoms with Gasteiger partial charge in [0.25, 0.3) is 0 Å². The third kappa shape index (κ3) is 6.95. The van der Waals surface area contributed by atoms with E-state index < -0.39 is 28.2 Å². The van der Waals surface area contributed by atoms with Crippen molar-refractivity contribution in [3.63, 3.8) is 0 Å². The zero-order valence-electron chi connectivity index (χ0n) is 28.3. The van der Waals surface area contributed by atoms with Gasteiger partial charge in [0.2, 0.25) is 17.7 Å². The summed E-state index contributed by atoms with van der Waals surface area (Å²) in [5.74, 6) is -0.901. The van der Waals surface area contributed by atoms with E-state index in [4.69, 9.17) is 4.74 Å². The molecule has 10 heteroatoms. The fourth-order valence-electron chi connectivity index (χ4n) is 8.15. The van der Waals surface area contributed by atoms with Gasteiger partial charge in [0.15, 0.2) is 0 Å². The molecular weight excluding hydrogens is 666 g/mol. The maximum Gasteiger partial charge on any atom is 0.247 e. The molecule has 46 heavy (non-hydrogen) atoms. The van der Waals surface area contributed by atoms with Crippen LogP contribution in [0.2, 0.25) is 0 Å². The number of alkyl halides is 1. The van der Waals surface area contributed by atoms with Crippen molar-refractivity contribution in [1.82, 2.24) is 9.80 Å². The van der Waals surface area contributed by atoms with Crippen molar-refractivity contribution in [2.45, 2.75) is 93.6 Å². The van der Waals surface area contributed by atoms with Crippen LogP contribution in [0, 0.1) is 17.3 Å². The second-order valence-electron chi connectivity index (χ2n) is 14.6. The Bertz CT molecular complexity index is 1300. The number of nitrogens with zero attached hydrogens (tertiary/aromatic N) is 3. The van der Waals surface area contributed by atoms with Gasteiger partial charge in [0.1, 0.15) is 11.8 Å². The third-order valence-corrected chi connectivity index (χ3v) is 12.6. The fraction of sp³-hybridized carbons (Fsp3) is 0.639. The first kappa shape index (κ1) is 36.5. The van der Waals surface area contributed by atoms with Crippen LogP contribution in [0.5, 0.6) is 5.75 Å². The predicted molar refractivity (Wildman–Crippen MR) is 190 cm³/mol. The van der Waals surface area contributed by atoms with E-state index in [1.54, 1.807) is 33.7 Å². The second-order valence-corrected chi connectivity index (χ2v) is 17.3. The van der Waals surface area contributed by atoms with Gasteiger partial charge in [-0.1, -0.05) is 48.9 Å². The smallest absolute Gasteiger partial charge is 0.247 e. The molecule has 254 valence electrons. The van der Waals surface area contributed by atoms with E-state index in [0.29, 0.717) is 44.6 Å². The minimum Gasteiger partial charge on any atom is -0.494 e.